The fourth-order valence-corrected chi connectivity index (χ4v) is 2.05. The molecule has 18 heavy (non-hydrogen) atoms. The number of ether oxygens (including phenoxy) is 1. The first-order valence-electron chi connectivity index (χ1n) is 5.24. The average Bonchev–Trinajstić information content (AvgIpc) is 2.33. The minimum absolute atomic E-state index is 0.208. The van der Waals surface area contributed by atoms with Crippen LogP contribution in [0.4, 0.5) is 0 Å². The van der Waals surface area contributed by atoms with Crippen molar-refractivity contribution in [3.05, 3.63) is 35.9 Å². The lowest BCUT2D eigenvalue weighted by Crippen LogP contribution is -2.40. The van der Waals surface area contributed by atoms with Crippen LogP contribution in [0.25, 0.3) is 0 Å². The SMILES string of the molecule is COC(=O)C(CNCc1ccccc1)S(=O)(=O)O. The van der Waals surface area contributed by atoms with Crippen molar-refractivity contribution in [1.29, 1.82) is 0 Å². The van der Waals surface area contributed by atoms with Crippen LogP contribution in [-0.4, -0.2) is 37.8 Å². The molecule has 0 radical (unpaired) electrons. The molecule has 0 amide bonds. The van der Waals surface area contributed by atoms with Gasteiger partial charge < -0.3 is 10.1 Å². The van der Waals surface area contributed by atoms with Crippen molar-refractivity contribution in [2.24, 2.45) is 0 Å². The topological polar surface area (TPSA) is 92.7 Å². The summed E-state index contributed by atoms with van der Waals surface area (Å²) in [5.74, 6) is -0.988. The molecule has 2 N–H and O–H groups in total. The standard InChI is InChI=1S/C11H15NO5S/c1-17-11(13)10(18(14,15)16)8-12-7-9-5-3-2-4-6-9/h2-6,10,12H,7-8H2,1H3,(H,14,15,16). The Morgan fingerprint density at radius 2 is 2.00 bits per heavy atom. The van der Waals surface area contributed by atoms with Gasteiger partial charge in [-0.1, -0.05) is 30.3 Å². The summed E-state index contributed by atoms with van der Waals surface area (Å²) in [6.07, 6.45) is 0. The molecule has 1 rings (SSSR count). The highest BCUT2D eigenvalue weighted by Crippen LogP contribution is 2.02. The highest BCUT2D eigenvalue weighted by atomic mass is 32.2. The Hall–Kier alpha value is -1.44. The van der Waals surface area contributed by atoms with E-state index in [1.165, 1.54) is 0 Å². The van der Waals surface area contributed by atoms with Gasteiger partial charge in [-0.2, -0.15) is 8.42 Å². The summed E-state index contributed by atoms with van der Waals surface area (Å²) in [4.78, 5) is 11.2. The van der Waals surface area contributed by atoms with Gasteiger partial charge in [-0.25, -0.2) is 0 Å². The zero-order valence-electron chi connectivity index (χ0n) is 9.87. The second-order valence-corrected chi connectivity index (χ2v) is 5.24. The van der Waals surface area contributed by atoms with Crippen LogP contribution in [0.5, 0.6) is 0 Å². The van der Waals surface area contributed by atoms with Gasteiger partial charge in [0.2, 0.25) is 0 Å². The molecule has 0 aliphatic heterocycles. The Kier molecular flexibility index (Phi) is 5.26. The number of carbonyl (C=O) groups excluding carboxylic acids is 1. The Morgan fingerprint density at radius 1 is 1.39 bits per heavy atom. The molecule has 1 atom stereocenters. The number of carbonyl (C=O) groups is 1. The molecule has 0 spiro atoms. The number of rotatable bonds is 6. The highest BCUT2D eigenvalue weighted by molar-refractivity contribution is 7.87. The first kappa shape index (κ1) is 14.6. The van der Waals surface area contributed by atoms with E-state index >= 15 is 0 Å². The van der Waals surface area contributed by atoms with Crippen LogP contribution in [-0.2, 0) is 26.2 Å². The number of benzene rings is 1. The zero-order valence-corrected chi connectivity index (χ0v) is 10.7. The third-order valence-corrected chi connectivity index (χ3v) is 3.40. The molecule has 1 unspecified atom stereocenters. The number of hydrogen-bond donors (Lipinski definition) is 2. The van der Waals surface area contributed by atoms with E-state index in [2.05, 4.69) is 10.1 Å². The van der Waals surface area contributed by atoms with Crippen LogP contribution in [0.2, 0.25) is 0 Å². The molecule has 7 heteroatoms. The summed E-state index contributed by atoms with van der Waals surface area (Å²) >= 11 is 0. The molecule has 0 aliphatic carbocycles. The van der Waals surface area contributed by atoms with Gasteiger partial charge >= 0.3 is 5.97 Å². The third-order valence-electron chi connectivity index (χ3n) is 2.33. The maximum atomic E-state index is 11.2. The molecule has 1 aromatic carbocycles. The van der Waals surface area contributed by atoms with Gasteiger partial charge in [-0.3, -0.25) is 9.35 Å². The molecule has 0 bridgehead atoms. The summed E-state index contributed by atoms with van der Waals surface area (Å²) in [7, 11) is -3.40. The molecular formula is C11H15NO5S. The molecule has 6 nitrogen and oxygen atoms in total. The van der Waals surface area contributed by atoms with E-state index in [9.17, 15) is 13.2 Å². The Balaban J connectivity index is 2.56. The van der Waals surface area contributed by atoms with Gasteiger partial charge in [0, 0.05) is 13.1 Å². The van der Waals surface area contributed by atoms with Gasteiger partial charge in [0.15, 0.2) is 5.25 Å². The fraction of sp³-hybridized carbons (Fsp3) is 0.364. The second-order valence-electron chi connectivity index (χ2n) is 3.64. The van der Waals surface area contributed by atoms with Crippen LogP contribution >= 0.6 is 0 Å². The average molecular weight is 273 g/mol. The van der Waals surface area contributed by atoms with E-state index in [0.717, 1.165) is 12.7 Å². The van der Waals surface area contributed by atoms with E-state index in [-0.39, 0.29) is 6.54 Å². The maximum Gasteiger partial charge on any atom is 0.327 e. The maximum absolute atomic E-state index is 11.2. The van der Waals surface area contributed by atoms with Crippen LogP contribution < -0.4 is 5.32 Å². The smallest absolute Gasteiger partial charge is 0.327 e. The van der Waals surface area contributed by atoms with Crippen molar-refractivity contribution in [3.8, 4) is 0 Å². The summed E-state index contributed by atoms with van der Waals surface area (Å²) in [6.45, 7) is 0.185. The molecule has 0 aliphatic rings. The predicted octanol–water partition coefficient (Wildman–Crippen LogP) is 0.206. The summed E-state index contributed by atoms with van der Waals surface area (Å²) in [5, 5.41) is 1.18. The summed E-state index contributed by atoms with van der Waals surface area (Å²) in [5.41, 5.74) is 0.941. The number of hydrogen-bond acceptors (Lipinski definition) is 5. The lowest BCUT2D eigenvalue weighted by atomic mass is 10.2. The van der Waals surface area contributed by atoms with Crippen molar-refractivity contribution >= 4 is 16.1 Å². The molecule has 0 fully saturated rings. The molecular weight excluding hydrogens is 258 g/mol. The number of methoxy groups -OCH3 is 1. The van der Waals surface area contributed by atoms with Crippen molar-refractivity contribution in [2.75, 3.05) is 13.7 Å². The lowest BCUT2D eigenvalue weighted by molar-refractivity contribution is -0.140. The summed E-state index contributed by atoms with van der Waals surface area (Å²) < 4.78 is 35.2. The molecule has 0 saturated heterocycles. The van der Waals surface area contributed by atoms with Crippen molar-refractivity contribution in [2.45, 2.75) is 11.8 Å². The van der Waals surface area contributed by atoms with Gasteiger partial charge in [-0.15, -0.1) is 0 Å². The Labute approximate surface area is 106 Å². The summed E-state index contributed by atoms with van der Waals surface area (Å²) in [6, 6.07) is 9.26. The van der Waals surface area contributed by atoms with Crippen molar-refractivity contribution in [1.82, 2.24) is 5.32 Å². The van der Waals surface area contributed by atoms with Crippen molar-refractivity contribution < 1.29 is 22.5 Å². The minimum atomic E-state index is -4.47. The lowest BCUT2D eigenvalue weighted by Gasteiger charge is -2.12. The highest BCUT2D eigenvalue weighted by Gasteiger charge is 2.31. The van der Waals surface area contributed by atoms with E-state index in [0.29, 0.717) is 6.54 Å². The quantitative estimate of drug-likeness (QED) is 0.568. The van der Waals surface area contributed by atoms with Crippen molar-refractivity contribution in [3.63, 3.8) is 0 Å². The Bertz CT molecular complexity index is 485. The van der Waals surface area contributed by atoms with Crippen LogP contribution in [0.3, 0.4) is 0 Å². The van der Waals surface area contributed by atoms with Gasteiger partial charge in [0.05, 0.1) is 7.11 Å². The largest absolute Gasteiger partial charge is 0.468 e. The molecule has 100 valence electrons. The van der Waals surface area contributed by atoms with Crippen LogP contribution in [0.1, 0.15) is 5.56 Å². The number of nitrogens with one attached hydrogen (secondary N) is 1. The first-order chi connectivity index (χ1) is 8.45. The predicted molar refractivity (Wildman–Crippen MR) is 65.5 cm³/mol. The van der Waals surface area contributed by atoms with Crippen LogP contribution in [0, 0.1) is 0 Å². The molecule has 0 saturated carbocycles. The minimum Gasteiger partial charge on any atom is -0.468 e. The van der Waals surface area contributed by atoms with Crippen LogP contribution in [0.15, 0.2) is 30.3 Å². The molecule has 0 heterocycles. The normalized spacial score (nSPS) is 13.0. The fourth-order valence-electron chi connectivity index (χ4n) is 1.39. The second kappa shape index (κ2) is 6.48. The van der Waals surface area contributed by atoms with E-state index in [1.807, 2.05) is 30.3 Å². The zero-order chi connectivity index (χ0) is 13.6. The third kappa shape index (κ3) is 4.44. The molecule has 1 aromatic rings. The first-order valence-corrected chi connectivity index (χ1v) is 6.74. The van der Waals surface area contributed by atoms with E-state index in [1.54, 1.807) is 0 Å². The monoisotopic (exact) mass is 273 g/mol. The van der Waals surface area contributed by atoms with Gasteiger partial charge in [-0.05, 0) is 5.56 Å². The molecule has 0 aromatic heterocycles. The number of esters is 1. The van der Waals surface area contributed by atoms with Gasteiger partial charge in [0.1, 0.15) is 0 Å². The van der Waals surface area contributed by atoms with E-state index < -0.39 is 21.3 Å². The van der Waals surface area contributed by atoms with E-state index in [4.69, 9.17) is 4.55 Å². The van der Waals surface area contributed by atoms with Gasteiger partial charge in [0.25, 0.3) is 10.1 Å². The Morgan fingerprint density at radius 3 is 2.50 bits per heavy atom.